The van der Waals surface area contributed by atoms with Crippen LogP contribution < -0.4 is 5.32 Å². The van der Waals surface area contributed by atoms with Crippen molar-refractivity contribution < 1.29 is 4.92 Å². The van der Waals surface area contributed by atoms with Crippen LogP contribution in [-0.2, 0) is 0 Å². The van der Waals surface area contributed by atoms with Crippen molar-refractivity contribution in [1.82, 2.24) is 0 Å². The number of halogens is 1. The summed E-state index contributed by atoms with van der Waals surface area (Å²) in [6.45, 7) is 1.95. The molecule has 6 heteroatoms. The molecule has 0 heterocycles. The third-order valence-electron chi connectivity index (χ3n) is 2.86. The number of rotatable bonds is 3. The number of hydrogen-bond acceptors (Lipinski definition) is 4. The smallest absolute Gasteiger partial charge is 0.287 e. The molecule has 1 N–H and O–H groups in total. The Morgan fingerprint density at radius 1 is 1.35 bits per heavy atom. The Bertz CT molecular complexity index is 723. The van der Waals surface area contributed by atoms with E-state index in [1.165, 1.54) is 12.1 Å². The van der Waals surface area contributed by atoms with Crippen molar-refractivity contribution >= 4 is 33.0 Å². The van der Waals surface area contributed by atoms with Gasteiger partial charge in [-0.3, -0.25) is 10.1 Å². The van der Waals surface area contributed by atoms with Crippen LogP contribution in [0.2, 0.25) is 0 Å². The van der Waals surface area contributed by atoms with Gasteiger partial charge in [-0.15, -0.1) is 0 Å². The highest BCUT2D eigenvalue weighted by molar-refractivity contribution is 9.10. The van der Waals surface area contributed by atoms with Crippen molar-refractivity contribution in [3.05, 3.63) is 62.1 Å². The summed E-state index contributed by atoms with van der Waals surface area (Å²) in [5, 5.41) is 22.9. The second-order valence-corrected chi connectivity index (χ2v) is 4.99. The lowest BCUT2D eigenvalue weighted by atomic mass is 10.1. The number of nitrogens with one attached hydrogen (secondary N) is 1. The summed E-state index contributed by atoms with van der Waals surface area (Å²) in [6.07, 6.45) is 0. The molecule has 100 valence electrons. The molecule has 0 radical (unpaired) electrons. The number of anilines is 2. The fourth-order valence-electron chi connectivity index (χ4n) is 1.76. The number of benzene rings is 2. The van der Waals surface area contributed by atoms with Crippen LogP contribution in [0.5, 0.6) is 0 Å². The van der Waals surface area contributed by atoms with E-state index >= 15 is 0 Å². The number of nitro benzene ring substituents is 1. The van der Waals surface area contributed by atoms with Gasteiger partial charge in [0.2, 0.25) is 0 Å². The molecular weight excluding hydrogens is 322 g/mol. The molecule has 0 spiro atoms. The van der Waals surface area contributed by atoms with E-state index in [9.17, 15) is 10.1 Å². The fraction of sp³-hybridized carbons (Fsp3) is 0.0714. The van der Waals surface area contributed by atoms with Crippen LogP contribution in [0.4, 0.5) is 17.1 Å². The SMILES string of the molecule is Cc1c(Br)cccc1Nc1ccc([N+](=O)[O-])c(C#N)c1. The Balaban J connectivity index is 2.38. The van der Waals surface area contributed by atoms with Crippen molar-refractivity contribution in [2.45, 2.75) is 6.92 Å². The van der Waals surface area contributed by atoms with E-state index < -0.39 is 4.92 Å². The summed E-state index contributed by atoms with van der Waals surface area (Å²) in [5.74, 6) is 0. The molecule has 0 amide bonds. The lowest BCUT2D eigenvalue weighted by molar-refractivity contribution is -0.385. The zero-order chi connectivity index (χ0) is 14.7. The molecule has 2 aromatic rings. The average molecular weight is 332 g/mol. The van der Waals surface area contributed by atoms with Crippen LogP contribution in [-0.4, -0.2) is 4.92 Å². The summed E-state index contributed by atoms with van der Waals surface area (Å²) in [4.78, 5) is 10.2. The molecule has 5 nitrogen and oxygen atoms in total. The highest BCUT2D eigenvalue weighted by atomic mass is 79.9. The molecule has 0 aliphatic carbocycles. The summed E-state index contributed by atoms with van der Waals surface area (Å²) in [6, 6.07) is 11.9. The fourth-order valence-corrected chi connectivity index (χ4v) is 2.13. The molecule has 0 fully saturated rings. The molecule has 0 aromatic heterocycles. The Kier molecular flexibility index (Phi) is 4.01. The van der Waals surface area contributed by atoms with Crippen molar-refractivity contribution in [2.24, 2.45) is 0 Å². The third-order valence-corrected chi connectivity index (χ3v) is 3.72. The van der Waals surface area contributed by atoms with Crippen LogP contribution >= 0.6 is 15.9 Å². The largest absolute Gasteiger partial charge is 0.355 e. The number of nitrogens with zero attached hydrogens (tertiary/aromatic N) is 2. The van der Waals surface area contributed by atoms with Gasteiger partial charge in [0.25, 0.3) is 5.69 Å². The normalized spacial score (nSPS) is 9.85. The van der Waals surface area contributed by atoms with E-state index in [4.69, 9.17) is 5.26 Å². The van der Waals surface area contributed by atoms with Gasteiger partial charge in [-0.2, -0.15) is 5.26 Å². The second-order valence-electron chi connectivity index (χ2n) is 4.14. The van der Waals surface area contributed by atoms with Crippen molar-refractivity contribution in [3.8, 4) is 6.07 Å². The Labute approximate surface area is 124 Å². The Hall–Kier alpha value is -2.39. The van der Waals surface area contributed by atoms with Crippen LogP contribution in [0, 0.1) is 28.4 Å². The molecule has 0 aliphatic heterocycles. The lowest BCUT2D eigenvalue weighted by Gasteiger charge is -2.11. The summed E-state index contributed by atoms with van der Waals surface area (Å²) in [5.41, 5.74) is 2.37. The highest BCUT2D eigenvalue weighted by Crippen LogP contribution is 2.28. The van der Waals surface area contributed by atoms with E-state index in [0.29, 0.717) is 5.69 Å². The van der Waals surface area contributed by atoms with Gasteiger partial charge in [0.15, 0.2) is 0 Å². The predicted octanol–water partition coefficient (Wildman–Crippen LogP) is 4.28. The van der Waals surface area contributed by atoms with E-state index in [0.717, 1.165) is 15.7 Å². The molecule has 20 heavy (non-hydrogen) atoms. The number of nitro groups is 1. The quantitative estimate of drug-likeness (QED) is 0.672. The highest BCUT2D eigenvalue weighted by Gasteiger charge is 2.14. The van der Waals surface area contributed by atoms with E-state index in [1.807, 2.05) is 31.2 Å². The van der Waals surface area contributed by atoms with Gasteiger partial charge in [-0.1, -0.05) is 22.0 Å². The molecule has 0 saturated heterocycles. The second kappa shape index (κ2) is 5.72. The summed E-state index contributed by atoms with van der Waals surface area (Å²) >= 11 is 3.44. The van der Waals surface area contributed by atoms with Gasteiger partial charge in [0, 0.05) is 21.9 Å². The molecule has 0 atom stereocenters. The first kappa shape index (κ1) is 14.0. The first-order valence-corrected chi connectivity index (χ1v) is 6.53. The Morgan fingerprint density at radius 2 is 2.10 bits per heavy atom. The molecular formula is C14H10BrN3O2. The topological polar surface area (TPSA) is 79.0 Å². The molecule has 2 rings (SSSR count). The minimum atomic E-state index is -0.563. The van der Waals surface area contributed by atoms with Gasteiger partial charge < -0.3 is 5.32 Å². The molecule has 0 bridgehead atoms. The van der Waals surface area contributed by atoms with Gasteiger partial charge >= 0.3 is 0 Å². The zero-order valence-electron chi connectivity index (χ0n) is 10.6. The van der Waals surface area contributed by atoms with Gasteiger partial charge in [-0.25, -0.2) is 0 Å². The maximum Gasteiger partial charge on any atom is 0.287 e. The first-order valence-electron chi connectivity index (χ1n) is 5.73. The minimum absolute atomic E-state index is 0.0349. The molecule has 2 aromatic carbocycles. The number of hydrogen-bond donors (Lipinski definition) is 1. The molecule has 0 saturated carbocycles. The van der Waals surface area contributed by atoms with E-state index in [1.54, 1.807) is 6.07 Å². The van der Waals surface area contributed by atoms with Gasteiger partial charge in [0.05, 0.1) is 4.92 Å². The van der Waals surface area contributed by atoms with Gasteiger partial charge in [-0.05, 0) is 36.8 Å². The van der Waals surface area contributed by atoms with Crippen molar-refractivity contribution in [1.29, 1.82) is 5.26 Å². The summed E-state index contributed by atoms with van der Waals surface area (Å²) < 4.78 is 0.963. The van der Waals surface area contributed by atoms with Crippen molar-refractivity contribution in [2.75, 3.05) is 5.32 Å². The summed E-state index contributed by atoms with van der Waals surface area (Å²) in [7, 11) is 0. The van der Waals surface area contributed by atoms with Gasteiger partial charge in [0.1, 0.15) is 11.6 Å². The van der Waals surface area contributed by atoms with Crippen LogP contribution in [0.15, 0.2) is 40.9 Å². The van der Waals surface area contributed by atoms with E-state index in [-0.39, 0.29) is 11.3 Å². The maximum absolute atomic E-state index is 10.8. The third kappa shape index (κ3) is 2.78. The standard InChI is InChI=1S/C14H10BrN3O2/c1-9-12(15)3-2-4-13(9)17-11-5-6-14(18(19)20)10(7-11)8-16/h2-7,17H,1H3. The average Bonchev–Trinajstić information content (AvgIpc) is 2.43. The monoisotopic (exact) mass is 331 g/mol. The number of nitriles is 1. The first-order chi connectivity index (χ1) is 9.52. The van der Waals surface area contributed by atoms with Crippen LogP contribution in [0.3, 0.4) is 0 Å². The predicted molar refractivity (Wildman–Crippen MR) is 80.0 cm³/mol. The lowest BCUT2D eigenvalue weighted by Crippen LogP contribution is -1.97. The van der Waals surface area contributed by atoms with E-state index in [2.05, 4.69) is 21.2 Å². The van der Waals surface area contributed by atoms with Crippen molar-refractivity contribution in [3.63, 3.8) is 0 Å². The van der Waals surface area contributed by atoms with Crippen LogP contribution in [0.1, 0.15) is 11.1 Å². The molecule has 0 unspecified atom stereocenters. The van der Waals surface area contributed by atoms with Crippen LogP contribution in [0.25, 0.3) is 0 Å². The Morgan fingerprint density at radius 3 is 2.75 bits per heavy atom. The minimum Gasteiger partial charge on any atom is -0.355 e. The maximum atomic E-state index is 10.8. The molecule has 0 aliphatic rings. The zero-order valence-corrected chi connectivity index (χ0v) is 12.1.